The predicted octanol–water partition coefficient (Wildman–Crippen LogP) is 2.67. The molecule has 78 valence electrons. The van der Waals surface area contributed by atoms with E-state index in [0.717, 1.165) is 11.1 Å². The van der Waals surface area contributed by atoms with Crippen LogP contribution in [0.15, 0.2) is 24.3 Å². The van der Waals surface area contributed by atoms with E-state index in [1.807, 2.05) is 36.0 Å². The Morgan fingerprint density at radius 2 is 2.27 bits per heavy atom. The maximum atomic E-state index is 9.03. The average molecular weight is 218 g/mol. The van der Waals surface area contributed by atoms with Gasteiger partial charge in [-0.05, 0) is 30.7 Å². The first-order valence-corrected chi connectivity index (χ1v) is 6.23. The van der Waals surface area contributed by atoms with Crippen LogP contribution in [0.1, 0.15) is 29.8 Å². The van der Waals surface area contributed by atoms with Gasteiger partial charge >= 0.3 is 0 Å². The monoisotopic (exact) mass is 218 g/mol. The van der Waals surface area contributed by atoms with Gasteiger partial charge in [-0.2, -0.15) is 5.26 Å². The number of nitriles is 1. The van der Waals surface area contributed by atoms with Crippen molar-refractivity contribution >= 4 is 11.8 Å². The third-order valence-corrected chi connectivity index (χ3v) is 3.83. The molecule has 0 aliphatic carbocycles. The Morgan fingerprint density at radius 1 is 1.47 bits per heavy atom. The van der Waals surface area contributed by atoms with Crippen molar-refractivity contribution in [2.75, 3.05) is 5.75 Å². The zero-order valence-corrected chi connectivity index (χ0v) is 9.55. The van der Waals surface area contributed by atoms with Crippen LogP contribution in [0.25, 0.3) is 0 Å². The summed E-state index contributed by atoms with van der Waals surface area (Å²) in [4.78, 5) is 0. The quantitative estimate of drug-likeness (QED) is 0.787. The van der Waals surface area contributed by atoms with E-state index in [-0.39, 0.29) is 5.37 Å². The molecule has 1 saturated heterocycles. The molecule has 0 aromatic heterocycles. The Hall–Kier alpha value is -0.980. The molecule has 0 spiro atoms. The van der Waals surface area contributed by atoms with Gasteiger partial charge in [0, 0.05) is 6.04 Å². The van der Waals surface area contributed by atoms with Gasteiger partial charge in [0.25, 0.3) is 0 Å². The maximum absolute atomic E-state index is 9.03. The van der Waals surface area contributed by atoms with Crippen LogP contribution in [-0.4, -0.2) is 11.8 Å². The first kappa shape index (κ1) is 10.5. The van der Waals surface area contributed by atoms with Crippen molar-refractivity contribution in [2.24, 2.45) is 0 Å². The smallest absolute Gasteiger partial charge is 0.0995 e. The Balaban J connectivity index is 2.25. The topological polar surface area (TPSA) is 35.8 Å². The lowest BCUT2D eigenvalue weighted by atomic mass is 10.1. The van der Waals surface area contributed by atoms with Crippen LogP contribution >= 0.6 is 11.8 Å². The fraction of sp³-hybridized carbons (Fsp3) is 0.417. The highest BCUT2D eigenvalue weighted by Gasteiger charge is 2.21. The second-order valence-corrected chi connectivity index (χ2v) is 5.02. The van der Waals surface area contributed by atoms with Crippen LogP contribution < -0.4 is 5.32 Å². The predicted molar refractivity (Wildman–Crippen MR) is 63.6 cm³/mol. The van der Waals surface area contributed by atoms with Crippen molar-refractivity contribution in [3.05, 3.63) is 35.4 Å². The molecule has 2 atom stereocenters. The van der Waals surface area contributed by atoms with Crippen LogP contribution in [0.4, 0.5) is 0 Å². The highest BCUT2D eigenvalue weighted by atomic mass is 32.2. The van der Waals surface area contributed by atoms with E-state index in [9.17, 15) is 0 Å². The standard InChI is InChI=1S/C12H14N2S/c1-9-6-7-15-12(14-9)11-5-3-2-4-10(11)8-13/h2-5,9,12,14H,6-7H2,1H3. The lowest BCUT2D eigenvalue weighted by Crippen LogP contribution is -2.33. The van der Waals surface area contributed by atoms with E-state index in [2.05, 4.69) is 18.3 Å². The normalized spacial score (nSPS) is 25.9. The molecule has 1 aromatic rings. The van der Waals surface area contributed by atoms with E-state index in [1.165, 1.54) is 12.2 Å². The second-order valence-electron chi connectivity index (χ2n) is 3.81. The molecule has 1 aliphatic heterocycles. The molecule has 0 bridgehead atoms. The largest absolute Gasteiger partial charge is 0.299 e. The summed E-state index contributed by atoms with van der Waals surface area (Å²) < 4.78 is 0. The lowest BCUT2D eigenvalue weighted by molar-refractivity contribution is 0.511. The van der Waals surface area contributed by atoms with Crippen molar-refractivity contribution in [1.29, 1.82) is 5.26 Å². The lowest BCUT2D eigenvalue weighted by Gasteiger charge is -2.29. The Bertz CT molecular complexity index is 383. The minimum atomic E-state index is 0.282. The van der Waals surface area contributed by atoms with E-state index >= 15 is 0 Å². The minimum absolute atomic E-state index is 0.282. The van der Waals surface area contributed by atoms with Gasteiger partial charge in [-0.1, -0.05) is 18.2 Å². The summed E-state index contributed by atoms with van der Waals surface area (Å²) in [7, 11) is 0. The minimum Gasteiger partial charge on any atom is -0.299 e. The number of nitrogens with one attached hydrogen (secondary N) is 1. The second kappa shape index (κ2) is 4.69. The molecule has 1 N–H and O–H groups in total. The number of hydrogen-bond donors (Lipinski definition) is 1. The Morgan fingerprint density at radius 3 is 3.00 bits per heavy atom. The van der Waals surface area contributed by atoms with Gasteiger partial charge in [0.15, 0.2) is 0 Å². The molecule has 2 unspecified atom stereocenters. The Kier molecular flexibility index (Phi) is 3.30. The highest BCUT2D eigenvalue weighted by molar-refractivity contribution is 7.99. The molecule has 1 heterocycles. The van der Waals surface area contributed by atoms with E-state index in [0.29, 0.717) is 6.04 Å². The molecule has 2 nitrogen and oxygen atoms in total. The van der Waals surface area contributed by atoms with Crippen LogP contribution in [-0.2, 0) is 0 Å². The number of hydrogen-bond acceptors (Lipinski definition) is 3. The molecule has 1 aliphatic rings. The molecular formula is C12H14N2S. The van der Waals surface area contributed by atoms with Crippen LogP contribution in [0.2, 0.25) is 0 Å². The summed E-state index contributed by atoms with van der Waals surface area (Å²) in [5.41, 5.74) is 1.91. The number of benzene rings is 1. The summed E-state index contributed by atoms with van der Waals surface area (Å²) in [6.45, 7) is 2.20. The van der Waals surface area contributed by atoms with Gasteiger partial charge in [-0.25, -0.2) is 0 Å². The molecule has 0 radical (unpaired) electrons. The van der Waals surface area contributed by atoms with Gasteiger partial charge in [-0.3, -0.25) is 5.32 Å². The first-order valence-electron chi connectivity index (χ1n) is 5.18. The SMILES string of the molecule is CC1CCSC(c2ccccc2C#N)N1. The number of thioether (sulfide) groups is 1. The van der Waals surface area contributed by atoms with Gasteiger partial charge < -0.3 is 0 Å². The van der Waals surface area contributed by atoms with Crippen LogP contribution in [0, 0.1) is 11.3 Å². The molecule has 0 saturated carbocycles. The van der Waals surface area contributed by atoms with Gasteiger partial charge in [0.05, 0.1) is 17.0 Å². The molecule has 3 heteroatoms. The van der Waals surface area contributed by atoms with Crippen LogP contribution in [0.3, 0.4) is 0 Å². The Labute approximate surface area is 94.7 Å². The van der Waals surface area contributed by atoms with Crippen LogP contribution in [0.5, 0.6) is 0 Å². The van der Waals surface area contributed by atoms with Crippen molar-refractivity contribution in [3.63, 3.8) is 0 Å². The summed E-state index contributed by atoms with van der Waals surface area (Å²) in [6, 6.07) is 10.6. The summed E-state index contributed by atoms with van der Waals surface area (Å²) in [5, 5.41) is 12.8. The third-order valence-electron chi connectivity index (χ3n) is 2.63. The van der Waals surface area contributed by atoms with Crippen molar-refractivity contribution < 1.29 is 0 Å². The van der Waals surface area contributed by atoms with Crippen molar-refractivity contribution in [3.8, 4) is 6.07 Å². The van der Waals surface area contributed by atoms with E-state index < -0.39 is 0 Å². The van der Waals surface area contributed by atoms with Crippen molar-refractivity contribution in [1.82, 2.24) is 5.32 Å². The van der Waals surface area contributed by atoms with Gasteiger partial charge in [0.1, 0.15) is 0 Å². The summed E-state index contributed by atoms with van der Waals surface area (Å²) in [6.07, 6.45) is 1.20. The molecule has 2 rings (SSSR count). The number of nitrogens with zero attached hydrogens (tertiary/aromatic N) is 1. The van der Waals surface area contributed by atoms with Gasteiger partial charge in [-0.15, -0.1) is 11.8 Å². The highest BCUT2D eigenvalue weighted by Crippen LogP contribution is 2.32. The fourth-order valence-corrected chi connectivity index (χ4v) is 3.20. The summed E-state index contributed by atoms with van der Waals surface area (Å²) in [5.74, 6) is 1.17. The molecular weight excluding hydrogens is 204 g/mol. The average Bonchev–Trinajstić information content (AvgIpc) is 2.29. The number of rotatable bonds is 1. The summed E-state index contributed by atoms with van der Waals surface area (Å²) >= 11 is 1.89. The zero-order chi connectivity index (χ0) is 10.7. The van der Waals surface area contributed by atoms with E-state index in [4.69, 9.17) is 5.26 Å². The first-order chi connectivity index (χ1) is 7.31. The van der Waals surface area contributed by atoms with Gasteiger partial charge in [0.2, 0.25) is 0 Å². The maximum Gasteiger partial charge on any atom is 0.0995 e. The zero-order valence-electron chi connectivity index (χ0n) is 8.73. The molecule has 1 fully saturated rings. The fourth-order valence-electron chi connectivity index (χ4n) is 1.76. The molecule has 0 amide bonds. The van der Waals surface area contributed by atoms with E-state index in [1.54, 1.807) is 0 Å². The molecule has 1 aromatic carbocycles. The van der Waals surface area contributed by atoms with Crippen molar-refractivity contribution in [2.45, 2.75) is 24.8 Å². The molecule has 15 heavy (non-hydrogen) atoms. The third kappa shape index (κ3) is 2.34.